The monoisotopic (exact) mass is 343 g/mol. The van der Waals surface area contributed by atoms with E-state index in [1.165, 1.54) is 8.61 Å². The molecule has 1 saturated heterocycles. The van der Waals surface area contributed by atoms with E-state index in [0.29, 0.717) is 25.4 Å². The van der Waals surface area contributed by atoms with Crippen LogP contribution in [0.25, 0.3) is 0 Å². The fraction of sp³-hybridized carbons (Fsp3) is 0.667. The average molecular weight is 343 g/mol. The van der Waals surface area contributed by atoms with E-state index >= 15 is 0 Å². The van der Waals surface area contributed by atoms with E-state index in [9.17, 15) is 8.42 Å². The van der Waals surface area contributed by atoms with Gasteiger partial charge in [-0.15, -0.1) is 0 Å². The SMILES string of the molecule is COCCN(Cc1ccccn1)S(=O)(=O)N1CC(C)OC(C)C1. The van der Waals surface area contributed by atoms with Gasteiger partial charge in [0.1, 0.15) is 0 Å². The van der Waals surface area contributed by atoms with Gasteiger partial charge in [0, 0.05) is 32.9 Å². The van der Waals surface area contributed by atoms with E-state index in [0.717, 1.165) is 0 Å². The third kappa shape index (κ3) is 4.95. The number of hydrogen-bond donors (Lipinski definition) is 0. The lowest BCUT2D eigenvalue weighted by Gasteiger charge is -2.37. The first-order valence-corrected chi connectivity index (χ1v) is 9.12. The van der Waals surface area contributed by atoms with Crippen molar-refractivity contribution in [2.24, 2.45) is 0 Å². The molecule has 1 aliphatic rings. The molecule has 2 heterocycles. The molecule has 0 radical (unpaired) electrons. The van der Waals surface area contributed by atoms with Crippen LogP contribution in [0.1, 0.15) is 19.5 Å². The summed E-state index contributed by atoms with van der Waals surface area (Å²) in [6.45, 7) is 5.34. The molecule has 1 fully saturated rings. The zero-order valence-electron chi connectivity index (χ0n) is 13.9. The minimum atomic E-state index is -3.59. The quantitative estimate of drug-likeness (QED) is 0.735. The van der Waals surface area contributed by atoms with Crippen LogP contribution in [-0.4, -0.2) is 67.6 Å². The van der Waals surface area contributed by atoms with Gasteiger partial charge in [-0.3, -0.25) is 4.98 Å². The molecule has 0 spiro atoms. The van der Waals surface area contributed by atoms with Gasteiger partial charge in [-0.1, -0.05) is 6.07 Å². The maximum atomic E-state index is 13.0. The van der Waals surface area contributed by atoms with E-state index in [4.69, 9.17) is 9.47 Å². The molecule has 7 nitrogen and oxygen atoms in total. The van der Waals surface area contributed by atoms with Crippen LogP contribution in [0, 0.1) is 0 Å². The molecular weight excluding hydrogens is 318 g/mol. The molecule has 2 unspecified atom stereocenters. The number of hydrogen-bond acceptors (Lipinski definition) is 5. The van der Waals surface area contributed by atoms with Crippen molar-refractivity contribution >= 4 is 10.2 Å². The van der Waals surface area contributed by atoms with Crippen LogP contribution in [0.3, 0.4) is 0 Å². The molecule has 0 bridgehead atoms. The average Bonchev–Trinajstić information content (AvgIpc) is 2.51. The Kier molecular flexibility index (Phi) is 6.49. The van der Waals surface area contributed by atoms with Crippen LogP contribution in [-0.2, 0) is 26.2 Å². The summed E-state index contributed by atoms with van der Waals surface area (Å²) in [6, 6.07) is 5.48. The number of ether oxygens (including phenoxy) is 2. The van der Waals surface area contributed by atoms with Crippen LogP contribution in [0.5, 0.6) is 0 Å². The largest absolute Gasteiger partial charge is 0.383 e. The molecular formula is C15H25N3O4S. The molecule has 0 amide bonds. The highest BCUT2D eigenvalue weighted by atomic mass is 32.2. The smallest absolute Gasteiger partial charge is 0.282 e. The Morgan fingerprint density at radius 3 is 2.61 bits per heavy atom. The standard InChI is InChI=1S/C15H25N3O4S/c1-13-10-18(11-14(2)22-13)23(19,20)17(8-9-21-3)12-15-6-4-5-7-16-15/h4-7,13-14H,8-12H2,1-3H3. The van der Waals surface area contributed by atoms with Gasteiger partial charge in [-0.2, -0.15) is 17.0 Å². The molecule has 0 N–H and O–H groups in total. The van der Waals surface area contributed by atoms with Crippen molar-refractivity contribution in [3.05, 3.63) is 30.1 Å². The lowest BCUT2D eigenvalue weighted by atomic mass is 10.3. The summed E-state index contributed by atoms with van der Waals surface area (Å²) in [5, 5.41) is 0. The summed E-state index contributed by atoms with van der Waals surface area (Å²) in [6.07, 6.45) is 1.43. The maximum Gasteiger partial charge on any atom is 0.282 e. The van der Waals surface area contributed by atoms with Crippen LogP contribution in [0.15, 0.2) is 24.4 Å². The fourth-order valence-electron chi connectivity index (χ4n) is 2.62. The van der Waals surface area contributed by atoms with Gasteiger partial charge in [-0.05, 0) is 26.0 Å². The van der Waals surface area contributed by atoms with Crippen LogP contribution in [0.2, 0.25) is 0 Å². The molecule has 23 heavy (non-hydrogen) atoms. The predicted molar refractivity (Wildman–Crippen MR) is 87.0 cm³/mol. The second-order valence-electron chi connectivity index (χ2n) is 5.73. The third-order valence-corrected chi connectivity index (χ3v) is 5.56. The Morgan fingerprint density at radius 1 is 1.35 bits per heavy atom. The number of pyridine rings is 1. The summed E-state index contributed by atoms with van der Waals surface area (Å²) in [7, 11) is -2.03. The van der Waals surface area contributed by atoms with Crippen molar-refractivity contribution in [2.45, 2.75) is 32.6 Å². The predicted octanol–water partition coefficient (Wildman–Crippen LogP) is 0.884. The summed E-state index contributed by atoms with van der Waals surface area (Å²) in [5.41, 5.74) is 0.710. The second kappa shape index (κ2) is 8.16. The highest BCUT2D eigenvalue weighted by Crippen LogP contribution is 2.19. The first-order valence-electron chi connectivity index (χ1n) is 7.73. The number of rotatable bonds is 7. The highest BCUT2D eigenvalue weighted by molar-refractivity contribution is 7.86. The number of morpholine rings is 1. The molecule has 0 aliphatic carbocycles. The first-order chi connectivity index (χ1) is 10.9. The van der Waals surface area contributed by atoms with Gasteiger partial charge in [0.2, 0.25) is 0 Å². The van der Waals surface area contributed by atoms with Gasteiger partial charge >= 0.3 is 0 Å². The molecule has 130 valence electrons. The summed E-state index contributed by atoms with van der Waals surface area (Å²) >= 11 is 0. The Hall–Kier alpha value is -1.06. The highest BCUT2D eigenvalue weighted by Gasteiger charge is 2.35. The zero-order chi connectivity index (χ0) is 16.9. The van der Waals surface area contributed by atoms with Crippen LogP contribution < -0.4 is 0 Å². The van der Waals surface area contributed by atoms with Crippen LogP contribution in [0.4, 0.5) is 0 Å². The normalized spacial score (nSPS) is 23.3. The van der Waals surface area contributed by atoms with Gasteiger partial charge < -0.3 is 9.47 Å². The minimum absolute atomic E-state index is 0.118. The maximum absolute atomic E-state index is 13.0. The minimum Gasteiger partial charge on any atom is -0.383 e. The number of nitrogens with zero attached hydrogens (tertiary/aromatic N) is 3. The molecule has 2 atom stereocenters. The van der Waals surface area contributed by atoms with E-state index in [1.807, 2.05) is 32.0 Å². The van der Waals surface area contributed by atoms with Gasteiger partial charge in [0.15, 0.2) is 0 Å². The van der Waals surface area contributed by atoms with E-state index in [2.05, 4.69) is 4.98 Å². The summed E-state index contributed by atoms with van der Waals surface area (Å²) in [4.78, 5) is 4.23. The Balaban J connectivity index is 2.18. The van der Waals surface area contributed by atoms with Crippen LogP contribution >= 0.6 is 0 Å². The van der Waals surface area contributed by atoms with Gasteiger partial charge in [-0.25, -0.2) is 0 Å². The van der Waals surface area contributed by atoms with E-state index in [-0.39, 0.29) is 25.3 Å². The summed E-state index contributed by atoms with van der Waals surface area (Å²) < 4.78 is 39.6. The third-order valence-electron chi connectivity index (χ3n) is 3.65. The van der Waals surface area contributed by atoms with Crippen molar-refractivity contribution < 1.29 is 17.9 Å². The molecule has 1 aromatic heterocycles. The second-order valence-corrected chi connectivity index (χ2v) is 7.66. The topological polar surface area (TPSA) is 72.0 Å². The van der Waals surface area contributed by atoms with Crippen molar-refractivity contribution in [3.8, 4) is 0 Å². The van der Waals surface area contributed by atoms with E-state index in [1.54, 1.807) is 13.3 Å². The Bertz CT molecular complexity index is 572. The molecule has 1 aliphatic heterocycles. The van der Waals surface area contributed by atoms with Gasteiger partial charge in [0.25, 0.3) is 10.2 Å². The van der Waals surface area contributed by atoms with E-state index < -0.39 is 10.2 Å². The molecule has 0 aromatic carbocycles. The molecule has 8 heteroatoms. The molecule has 0 saturated carbocycles. The first kappa shape index (κ1) is 18.3. The van der Waals surface area contributed by atoms with Crippen molar-refractivity contribution in [3.63, 3.8) is 0 Å². The van der Waals surface area contributed by atoms with Crippen molar-refractivity contribution in [1.82, 2.24) is 13.6 Å². The number of aromatic nitrogens is 1. The Morgan fingerprint density at radius 2 is 2.04 bits per heavy atom. The zero-order valence-corrected chi connectivity index (χ0v) is 14.7. The van der Waals surface area contributed by atoms with Crippen molar-refractivity contribution in [2.75, 3.05) is 33.4 Å². The lowest BCUT2D eigenvalue weighted by Crippen LogP contribution is -2.53. The lowest BCUT2D eigenvalue weighted by molar-refractivity contribution is -0.0456. The summed E-state index contributed by atoms with van der Waals surface area (Å²) in [5.74, 6) is 0. The van der Waals surface area contributed by atoms with Gasteiger partial charge in [0.05, 0.1) is 31.1 Å². The molecule has 1 aromatic rings. The fourth-order valence-corrected chi connectivity index (χ4v) is 4.35. The number of methoxy groups -OCH3 is 1. The van der Waals surface area contributed by atoms with Crippen molar-refractivity contribution in [1.29, 1.82) is 0 Å². The molecule has 2 rings (SSSR count). The Labute approximate surface area is 138 Å².